The highest BCUT2D eigenvalue weighted by atomic mass is 35.5. The molecule has 0 saturated heterocycles. The molecule has 4 rings (SSSR count). The summed E-state index contributed by atoms with van der Waals surface area (Å²) in [5, 5.41) is 0.225. The maximum atomic E-state index is 13.3. The van der Waals surface area contributed by atoms with Crippen molar-refractivity contribution < 1.29 is 32.2 Å². The number of carbonyl (C=O) groups excluding carboxylic acids is 1. The number of hydrogen-bond donors (Lipinski definition) is 1. The van der Waals surface area contributed by atoms with Crippen LogP contribution in [0.25, 0.3) is 0 Å². The molecular weight excluding hydrogens is 608 g/mol. The van der Waals surface area contributed by atoms with E-state index in [9.17, 15) is 13.2 Å². The number of halogens is 1. The van der Waals surface area contributed by atoms with Gasteiger partial charge in [0.1, 0.15) is 30.5 Å². The van der Waals surface area contributed by atoms with Crippen molar-refractivity contribution in [2.75, 3.05) is 25.0 Å². The zero-order valence-electron chi connectivity index (χ0n) is 25.3. The summed E-state index contributed by atoms with van der Waals surface area (Å²) in [6.07, 6.45) is 1.79. The van der Waals surface area contributed by atoms with Crippen LogP contribution in [0.2, 0.25) is 5.02 Å². The third-order valence-corrected chi connectivity index (χ3v) is 7.55. The van der Waals surface area contributed by atoms with Gasteiger partial charge in [-0.25, -0.2) is 13.4 Å². The molecule has 0 atom stereocenters. The van der Waals surface area contributed by atoms with E-state index in [1.807, 2.05) is 45.9 Å². The third-order valence-electron chi connectivity index (χ3n) is 5.88. The highest BCUT2D eigenvalue weighted by Gasteiger charge is 2.25. The Balaban J connectivity index is 0.000000662. The van der Waals surface area contributed by atoms with Crippen molar-refractivity contribution in [1.29, 1.82) is 0 Å². The first-order valence-corrected chi connectivity index (χ1v) is 15.3. The average molecular weight is 643 g/mol. The van der Waals surface area contributed by atoms with Crippen molar-refractivity contribution in [3.8, 4) is 23.1 Å². The molecule has 2 aromatic carbocycles. The molecule has 11 nitrogen and oxygen atoms in total. The van der Waals surface area contributed by atoms with E-state index in [-0.39, 0.29) is 64.0 Å². The highest BCUT2D eigenvalue weighted by molar-refractivity contribution is 7.92. The molecule has 44 heavy (non-hydrogen) atoms. The Bertz CT molecular complexity index is 1650. The van der Waals surface area contributed by atoms with Crippen LogP contribution in [0, 0.1) is 13.8 Å². The molecule has 234 valence electrons. The Hall–Kier alpha value is -4.42. The monoisotopic (exact) mass is 642 g/mol. The lowest BCUT2D eigenvalue weighted by Crippen LogP contribution is -2.17. The Morgan fingerprint density at radius 2 is 1.70 bits per heavy atom. The van der Waals surface area contributed by atoms with Crippen molar-refractivity contribution in [3.05, 3.63) is 89.0 Å². The maximum Gasteiger partial charge on any atom is 0.293 e. The van der Waals surface area contributed by atoms with Crippen molar-refractivity contribution in [1.82, 2.24) is 15.0 Å². The number of hydrogen-bond acceptors (Lipinski definition) is 10. The standard InChI is InChI=1S/C25H28ClN3O7S.C6H7N/c1-16-27-23(29-37(31,32)19-9-6-17(7-10-19)25(2,3)4)22(24(28-16)35-13-12-34-15-30)36-21-14-18(33-5)8-11-20(21)26;1-6-4-2-3-5-7-6/h6-11,14-15H,12-13H2,1-5H3,(H,27,28,29);2-5H,1H3. The van der Waals surface area contributed by atoms with Gasteiger partial charge in [-0.3, -0.25) is 14.5 Å². The number of nitrogens with zero attached hydrogens (tertiary/aromatic N) is 3. The average Bonchev–Trinajstić information content (AvgIpc) is 2.98. The Morgan fingerprint density at radius 1 is 0.977 bits per heavy atom. The fourth-order valence-electron chi connectivity index (χ4n) is 3.60. The van der Waals surface area contributed by atoms with E-state index in [1.165, 1.54) is 25.3 Å². The summed E-state index contributed by atoms with van der Waals surface area (Å²) in [6, 6.07) is 17.1. The van der Waals surface area contributed by atoms with Crippen LogP contribution in [0.3, 0.4) is 0 Å². The summed E-state index contributed by atoms with van der Waals surface area (Å²) in [7, 11) is -2.60. The number of rotatable bonds is 11. The van der Waals surface area contributed by atoms with Crippen molar-refractivity contribution >= 4 is 33.9 Å². The molecule has 0 unspecified atom stereocenters. The number of methoxy groups -OCH3 is 1. The number of ether oxygens (including phenoxy) is 4. The van der Waals surface area contributed by atoms with Gasteiger partial charge in [-0.05, 0) is 61.2 Å². The van der Waals surface area contributed by atoms with Crippen molar-refractivity contribution in [2.24, 2.45) is 0 Å². The summed E-state index contributed by atoms with van der Waals surface area (Å²) < 4.78 is 50.5. The fourth-order valence-corrected chi connectivity index (χ4v) is 4.76. The largest absolute Gasteiger partial charge is 0.497 e. The summed E-state index contributed by atoms with van der Waals surface area (Å²) >= 11 is 6.31. The molecule has 0 aliphatic heterocycles. The van der Waals surface area contributed by atoms with Crippen molar-refractivity contribution in [2.45, 2.75) is 44.9 Å². The van der Waals surface area contributed by atoms with Gasteiger partial charge in [-0.2, -0.15) is 4.98 Å². The van der Waals surface area contributed by atoms with Gasteiger partial charge >= 0.3 is 0 Å². The number of benzene rings is 2. The number of nitrogens with one attached hydrogen (secondary N) is 1. The predicted octanol–water partition coefficient (Wildman–Crippen LogP) is 6.28. The van der Waals surface area contributed by atoms with Crippen LogP contribution < -0.4 is 18.9 Å². The van der Waals surface area contributed by atoms with Gasteiger partial charge in [0.15, 0.2) is 5.82 Å². The summed E-state index contributed by atoms with van der Waals surface area (Å²) in [4.78, 5) is 23.0. The Labute approximate surface area is 262 Å². The van der Waals surface area contributed by atoms with Crippen LogP contribution in [0.5, 0.6) is 23.1 Å². The first-order valence-electron chi connectivity index (χ1n) is 13.4. The minimum absolute atomic E-state index is 0.0315. The van der Waals surface area contributed by atoms with E-state index in [2.05, 4.69) is 24.4 Å². The van der Waals surface area contributed by atoms with Crippen LogP contribution >= 0.6 is 11.6 Å². The van der Waals surface area contributed by atoms with Gasteiger partial charge in [0.25, 0.3) is 22.4 Å². The number of pyridine rings is 1. The number of anilines is 1. The second-order valence-electron chi connectivity index (χ2n) is 10.3. The summed E-state index contributed by atoms with van der Waals surface area (Å²) in [5.74, 6) is 0.421. The van der Waals surface area contributed by atoms with Crippen molar-refractivity contribution in [3.63, 3.8) is 0 Å². The van der Waals surface area contributed by atoms with Crippen LogP contribution in [-0.4, -0.2) is 50.2 Å². The lowest BCUT2D eigenvalue weighted by Gasteiger charge is -2.20. The number of carbonyl (C=O) groups is 1. The SMILES string of the molecule is COc1ccc(Cl)c(Oc2c(NS(=O)(=O)c3ccc(C(C)(C)C)cc3)nc(C)nc2OCCOC=O)c1.Cc1ccccn1. The summed E-state index contributed by atoms with van der Waals surface area (Å²) in [5.41, 5.74) is 1.91. The van der Waals surface area contributed by atoms with Crippen LogP contribution in [0.1, 0.15) is 37.9 Å². The van der Waals surface area contributed by atoms with Gasteiger partial charge in [0.05, 0.1) is 17.0 Å². The summed E-state index contributed by atoms with van der Waals surface area (Å²) in [6.45, 7) is 9.79. The van der Waals surface area contributed by atoms with E-state index in [0.717, 1.165) is 11.3 Å². The van der Waals surface area contributed by atoms with Gasteiger partial charge < -0.3 is 18.9 Å². The molecule has 0 spiro atoms. The molecule has 0 amide bonds. The van der Waals surface area contributed by atoms with Crippen LogP contribution in [0.4, 0.5) is 5.82 Å². The number of aromatic nitrogens is 3. The molecule has 2 heterocycles. The number of aryl methyl sites for hydroxylation is 2. The van der Waals surface area contributed by atoms with Crippen LogP contribution in [-0.2, 0) is 25.0 Å². The minimum atomic E-state index is -4.08. The van der Waals surface area contributed by atoms with E-state index < -0.39 is 10.0 Å². The molecule has 0 aliphatic carbocycles. The van der Waals surface area contributed by atoms with Gasteiger partial charge in [0, 0.05) is 18.0 Å². The molecule has 2 aromatic heterocycles. The quantitative estimate of drug-likeness (QED) is 0.147. The molecule has 0 fully saturated rings. The molecule has 0 saturated carbocycles. The zero-order valence-corrected chi connectivity index (χ0v) is 26.9. The fraction of sp³-hybridized carbons (Fsp3) is 0.290. The van der Waals surface area contributed by atoms with Crippen LogP contribution in [0.15, 0.2) is 71.8 Å². The Morgan fingerprint density at radius 3 is 2.27 bits per heavy atom. The maximum absolute atomic E-state index is 13.3. The second-order valence-corrected chi connectivity index (χ2v) is 12.4. The first-order chi connectivity index (χ1) is 20.8. The third kappa shape index (κ3) is 9.81. The molecule has 0 radical (unpaired) electrons. The highest BCUT2D eigenvalue weighted by Crippen LogP contribution is 2.41. The molecule has 13 heteroatoms. The molecular formula is C31H35ClN4O7S. The normalized spacial score (nSPS) is 11.1. The minimum Gasteiger partial charge on any atom is -0.497 e. The smallest absolute Gasteiger partial charge is 0.293 e. The molecule has 0 bridgehead atoms. The topological polar surface area (TPSA) is 139 Å². The van der Waals surface area contributed by atoms with E-state index in [1.54, 1.807) is 37.4 Å². The second kappa shape index (κ2) is 15.3. The Kier molecular flexibility index (Phi) is 11.9. The predicted molar refractivity (Wildman–Crippen MR) is 167 cm³/mol. The molecule has 4 aromatic rings. The zero-order chi connectivity index (χ0) is 32.3. The lowest BCUT2D eigenvalue weighted by atomic mass is 9.87. The molecule has 1 N–H and O–H groups in total. The van der Waals surface area contributed by atoms with Gasteiger partial charge in [-0.15, -0.1) is 0 Å². The first kappa shape index (κ1) is 34.1. The molecule has 0 aliphatic rings. The van der Waals surface area contributed by atoms with Gasteiger partial charge in [-0.1, -0.05) is 50.6 Å². The van der Waals surface area contributed by atoms with E-state index in [4.69, 9.17) is 25.8 Å². The lowest BCUT2D eigenvalue weighted by molar-refractivity contribution is -0.129. The van der Waals surface area contributed by atoms with E-state index in [0.29, 0.717) is 5.75 Å². The number of sulfonamides is 1. The van der Waals surface area contributed by atoms with Gasteiger partial charge in [0.2, 0.25) is 5.75 Å². The van der Waals surface area contributed by atoms with E-state index >= 15 is 0 Å².